The summed E-state index contributed by atoms with van der Waals surface area (Å²) in [7, 11) is 0. The lowest BCUT2D eigenvalue weighted by atomic mass is 9.97. The van der Waals surface area contributed by atoms with Gasteiger partial charge in [-0.2, -0.15) is 0 Å². The minimum Gasteiger partial charge on any atom is -0.465 e. The molecule has 1 N–H and O–H groups in total. The van der Waals surface area contributed by atoms with Crippen molar-refractivity contribution in [3.63, 3.8) is 0 Å². The lowest BCUT2D eigenvalue weighted by Gasteiger charge is -2.35. The normalized spacial score (nSPS) is 16.7. The fraction of sp³-hybridized carbons (Fsp3) is 0.476. The molecule has 0 bridgehead atoms. The van der Waals surface area contributed by atoms with Gasteiger partial charge in [-0.15, -0.1) is 12.4 Å². The standard InChI is InChI=1S/C21H28N2O2.ClH/c1-15-4-7-18(8-5-15)21(24)22-14-19(20-9-6-17(3)25-20)23-12-10-16(2)11-13-23;/h4-9,16,19H,10-14H2,1-3H3,(H,22,24);1H. The monoisotopic (exact) mass is 376 g/mol. The summed E-state index contributed by atoms with van der Waals surface area (Å²) in [5, 5.41) is 3.09. The number of aryl methyl sites for hydroxylation is 2. The molecule has 5 heteroatoms. The zero-order chi connectivity index (χ0) is 17.8. The maximum Gasteiger partial charge on any atom is 0.251 e. The van der Waals surface area contributed by atoms with Gasteiger partial charge in [-0.25, -0.2) is 0 Å². The first-order chi connectivity index (χ1) is 12.0. The average molecular weight is 377 g/mol. The molecule has 4 nitrogen and oxygen atoms in total. The Bertz CT molecular complexity index is 703. The van der Waals surface area contributed by atoms with Crippen LogP contribution in [0.5, 0.6) is 0 Å². The molecule has 2 heterocycles. The van der Waals surface area contributed by atoms with Gasteiger partial charge in [0, 0.05) is 12.1 Å². The quantitative estimate of drug-likeness (QED) is 0.834. The Kier molecular flexibility index (Phi) is 7.30. The largest absolute Gasteiger partial charge is 0.465 e. The van der Waals surface area contributed by atoms with Crippen molar-refractivity contribution < 1.29 is 9.21 Å². The summed E-state index contributed by atoms with van der Waals surface area (Å²) in [6.07, 6.45) is 2.39. The van der Waals surface area contributed by atoms with E-state index in [0.717, 1.165) is 36.1 Å². The summed E-state index contributed by atoms with van der Waals surface area (Å²) in [5.41, 5.74) is 1.86. The van der Waals surface area contributed by atoms with Crippen LogP contribution in [0.4, 0.5) is 0 Å². The van der Waals surface area contributed by atoms with Crippen LogP contribution in [-0.2, 0) is 0 Å². The van der Waals surface area contributed by atoms with E-state index in [2.05, 4.69) is 17.1 Å². The summed E-state index contributed by atoms with van der Waals surface area (Å²) in [6.45, 7) is 8.95. The van der Waals surface area contributed by atoms with Crippen LogP contribution < -0.4 is 5.32 Å². The highest BCUT2D eigenvalue weighted by atomic mass is 35.5. The lowest BCUT2D eigenvalue weighted by molar-refractivity contribution is 0.0895. The number of halogens is 1. The van der Waals surface area contributed by atoms with Gasteiger partial charge in [0.25, 0.3) is 5.91 Å². The summed E-state index contributed by atoms with van der Waals surface area (Å²) in [6, 6.07) is 11.8. The lowest BCUT2D eigenvalue weighted by Crippen LogP contribution is -2.41. The molecule has 0 spiro atoms. The number of furan rings is 1. The highest BCUT2D eigenvalue weighted by Crippen LogP contribution is 2.27. The van der Waals surface area contributed by atoms with Crippen molar-refractivity contribution in [2.24, 2.45) is 5.92 Å². The van der Waals surface area contributed by atoms with E-state index in [-0.39, 0.29) is 24.4 Å². The second-order valence-corrected chi connectivity index (χ2v) is 7.26. The number of carbonyl (C=O) groups excluding carboxylic acids is 1. The molecule has 3 rings (SSSR count). The molecule has 142 valence electrons. The smallest absolute Gasteiger partial charge is 0.251 e. The topological polar surface area (TPSA) is 45.5 Å². The molecule has 1 aromatic heterocycles. The predicted octanol–water partition coefficient (Wildman–Crippen LogP) is 4.52. The molecule has 1 aliphatic heterocycles. The Morgan fingerprint density at radius 3 is 2.38 bits per heavy atom. The zero-order valence-electron chi connectivity index (χ0n) is 15.8. The van der Waals surface area contributed by atoms with Crippen molar-refractivity contribution >= 4 is 18.3 Å². The van der Waals surface area contributed by atoms with Gasteiger partial charge < -0.3 is 9.73 Å². The van der Waals surface area contributed by atoms with Crippen molar-refractivity contribution in [2.75, 3.05) is 19.6 Å². The number of benzene rings is 1. The van der Waals surface area contributed by atoms with Crippen LogP contribution in [0.3, 0.4) is 0 Å². The van der Waals surface area contributed by atoms with Crippen LogP contribution >= 0.6 is 12.4 Å². The van der Waals surface area contributed by atoms with Crippen LogP contribution in [0.15, 0.2) is 40.8 Å². The molecule has 1 unspecified atom stereocenters. The van der Waals surface area contributed by atoms with Crippen molar-refractivity contribution in [1.82, 2.24) is 10.2 Å². The number of hydrogen-bond donors (Lipinski definition) is 1. The van der Waals surface area contributed by atoms with E-state index in [1.165, 1.54) is 12.8 Å². The van der Waals surface area contributed by atoms with E-state index in [1.54, 1.807) is 0 Å². The number of carbonyl (C=O) groups is 1. The maximum absolute atomic E-state index is 12.5. The van der Waals surface area contributed by atoms with E-state index >= 15 is 0 Å². The SMILES string of the molecule is Cc1ccc(C(=O)NCC(c2ccc(C)o2)N2CCC(C)CC2)cc1.Cl. The van der Waals surface area contributed by atoms with Gasteiger partial charge >= 0.3 is 0 Å². The van der Waals surface area contributed by atoms with Crippen LogP contribution in [0.1, 0.15) is 53.2 Å². The Balaban J connectivity index is 0.00000243. The minimum atomic E-state index is -0.0290. The summed E-state index contributed by atoms with van der Waals surface area (Å²) < 4.78 is 5.89. The first-order valence-corrected chi connectivity index (χ1v) is 9.18. The third-order valence-corrected chi connectivity index (χ3v) is 5.12. The number of amides is 1. The number of likely N-dealkylation sites (tertiary alicyclic amines) is 1. The zero-order valence-corrected chi connectivity index (χ0v) is 16.6. The minimum absolute atomic E-state index is 0. The van der Waals surface area contributed by atoms with Gasteiger partial charge in [0.15, 0.2) is 0 Å². The van der Waals surface area contributed by atoms with Gasteiger partial charge in [0.05, 0.1) is 6.04 Å². The van der Waals surface area contributed by atoms with Crippen LogP contribution in [0, 0.1) is 19.8 Å². The van der Waals surface area contributed by atoms with Gasteiger partial charge in [-0.3, -0.25) is 9.69 Å². The number of rotatable bonds is 5. The van der Waals surface area contributed by atoms with Crippen molar-refractivity contribution in [2.45, 2.75) is 39.7 Å². The van der Waals surface area contributed by atoms with E-state index < -0.39 is 0 Å². The van der Waals surface area contributed by atoms with Crippen LogP contribution in [0.2, 0.25) is 0 Å². The molecular formula is C21H29ClN2O2. The number of piperidine rings is 1. The molecule has 0 radical (unpaired) electrons. The van der Waals surface area contributed by atoms with Crippen molar-refractivity contribution in [3.8, 4) is 0 Å². The van der Waals surface area contributed by atoms with E-state index in [9.17, 15) is 4.79 Å². The first kappa shape index (κ1) is 20.5. The molecule has 0 saturated carbocycles. The Morgan fingerprint density at radius 2 is 1.81 bits per heavy atom. The Morgan fingerprint density at radius 1 is 1.15 bits per heavy atom. The second kappa shape index (κ2) is 9.24. The maximum atomic E-state index is 12.5. The highest BCUT2D eigenvalue weighted by Gasteiger charge is 2.27. The average Bonchev–Trinajstić information content (AvgIpc) is 3.03. The van der Waals surface area contributed by atoms with Gasteiger partial charge in [-0.1, -0.05) is 24.6 Å². The number of nitrogens with one attached hydrogen (secondary N) is 1. The Labute approximate surface area is 162 Å². The summed E-state index contributed by atoms with van der Waals surface area (Å²) in [4.78, 5) is 14.9. The molecule has 2 aromatic rings. The van der Waals surface area contributed by atoms with Crippen LogP contribution in [0.25, 0.3) is 0 Å². The summed E-state index contributed by atoms with van der Waals surface area (Å²) in [5.74, 6) is 2.60. The van der Waals surface area contributed by atoms with Gasteiger partial charge in [0.1, 0.15) is 11.5 Å². The van der Waals surface area contributed by atoms with Crippen LogP contribution in [-0.4, -0.2) is 30.4 Å². The summed E-state index contributed by atoms with van der Waals surface area (Å²) >= 11 is 0. The van der Waals surface area contributed by atoms with Crippen molar-refractivity contribution in [3.05, 3.63) is 59.0 Å². The number of hydrogen-bond acceptors (Lipinski definition) is 3. The molecular weight excluding hydrogens is 348 g/mol. The molecule has 1 aliphatic rings. The molecule has 1 saturated heterocycles. The Hall–Kier alpha value is -1.78. The van der Waals surface area contributed by atoms with Crippen molar-refractivity contribution in [1.29, 1.82) is 0 Å². The fourth-order valence-electron chi connectivity index (χ4n) is 3.38. The van der Waals surface area contributed by atoms with Gasteiger partial charge in [-0.05, 0) is 70.0 Å². The molecule has 1 amide bonds. The highest BCUT2D eigenvalue weighted by molar-refractivity contribution is 5.94. The number of nitrogens with zero attached hydrogens (tertiary/aromatic N) is 1. The molecule has 1 fully saturated rings. The predicted molar refractivity (Wildman–Crippen MR) is 107 cm³/mol. The molecule has 26 heavy (non-hydrogen) atoms. The fourth-order valence-corrected chi connectivity index (χ4v) is 3.38. The third-order valence-electron chi connectivity index (χ3n) is 5.12. The third kappa shape index (κ3) is 5.12. The van der Waals surface area contributed by atoms with Gasteiger partial charge in [0.2, 0.25) is 0 Å². The van der Waals surface area contributed by atoms with E-state index in [0.29, 0.717) is 12.1 Å². The van der Waals surface area contributed by atoms with E-state index in [1.807, 2.05) is 50.2 Å². The van der Waals surface area contributed by atoms with E-state index in [4.69, 9.17) is 4.42 Å². The molecule has 1 aromatic carbocycles. The molecule has 0 aliphatic carbocycles. The second-order valence-electron chi connectivity index (χ2n) is 7.26. The first-order valence-electron chi connectivity index (χ1n) is 9.18. The molecule has 1 atom stereocenters.